The predicted molar refractivity (Wildman–Crippen MR) is 80.7 cm³/mol. The van der Waals surface area contributed by atoms with Gasteiger partial charge in [0, 0.05) is 60.3 Å². The summed E-state index contributed by atoms with van der Waals surface area (Å²) < 4.78 is 54.0. The first-order valence-electron chi connectivity index (χ1n) is 7.37. The maximum Gasteiger partial charge on any atom is 0.265 e. The zero-order valence-electron chi connectivity index (χ0n) is 12.1. The van der Waals surface area contributed by atoms with E-state index in [-0.39, 0.29) is 21.9 Å². The Bertz CT molecular complexity index is 855. The van der Waals surface area contributed by atoms with Gasteiger partial charge < -0.3 is 5.32 Å². The Kier molecular flexibility index (Phi) is 3.36. The standard InChI is InChI=1S/C15H15F2N3O2S/c16-15(17)11-6-18-4-9-2-1-3-13(14(9)11)23(21,22)20-7-10-5-19-12(10)8-20/h1-4,6,10,12,15,19H,5,7-8H2. The van der Waals surface area contributed by atoms with E-state index in [2.05, 4.69) is 10.3 Å². The lowest BCUT2D eigenvalue weighted by molar-refractivity contribution is 0.152. The van der Waals surface area contributed by atoms with Crippen molar-refractivity contribution in [3.8, 4) is 0 Å². The van der Waals surface area contributed by atoms with Crippen molar-refractivity contribution >= 4 is 20.8 Å². The number of benzene rings is 1. The van der Waals surface area contributed by atoms with E-state index in [9.17, 15) is 17.2 Å². The van der Waals surface area contributed by atoms with Gasteiger partial charge in [0.05, 0.1) is 4.90 Å². The number of hydrogen-bond donors (Lipinski definition) is 1. The largest absolute Gasteiger partial charge is 0.312 e. The van der Waals surface area contributed by atoms with Crippen LogP contribution >= 0.6 is 0 Å². The molecule has 2 atom stereocenters. The number of sulfonamides is 1. The molecule has 1 N–H and O–H groups in total. The Balaban J connectivity index is 1.88. The second-order valence-electron chi connectivity index (χ2n) is 5.98. The highest BCUT2D eigenvalue weighted by Crippen LogP contribution is 2.35. The Morgan fingerprint density at radius 1 is 1.26 bits per heavy atom. The van der Waals surface area contributed by atoms with Gasteiger partial charge in [-0.2, -0.15) is 4.31 Å². The van der Waals surface area contributed by atoms with Gasteiger partial charge in [-0.3, -0.25) is 4.98 Å². The third kappa shape index (κ3) is 2.24. The number of hydrogen-bond acceptors (Lipinski definition) is 4. The van der Waals surface area contributed by atoms with Gasteiger partial charge in [0.15, 0.2) is 0 Å². The van der Waals surface area contributed by atoms with E-state index in [4.69, 9.17) is 0 Å². The van der Waals surface area contributed by atoms with E-state index in [1.54, 1.807) is 12.1 Å². The molecule has 0 radical (unpaired) electrons. The van der Waals surface area contributed by atoms with Crippen LogP contribution in [0.2, 0.25) is 0 Å². The minimum atomic E-state index is -3.81. The quantitative estimate of drug-likeness (QED) is 0.926. The predicted octanol–water partition coefficient (Wildman–Crippen LogP) is 1.76. The monoisotopic (exact) mass is 339 g/mol. The fraction of sp³-hybridized carbons (Fsp3) is 0.400. The van der Waals surface area contributed by atoms with Crippen LogP contribution in [0.15, 0.2) is 35.5 Å². The Morgan fingerprint density at radius 2 is 2.09 bits per heavy atom. The summed E-state index contributed by atoms with van der Waals surface area (Å²) >= 11 is 0. The van der Waals surface area contributed by atoms with Crippen LogP contribution < -0.4 is 5.32 Å². The highest BCUT2D eigenvalue weighted by Gasteiger charge is 2.44. The normalized spacial score (nSPS) is 24.8. The lowest BCUT2D eigenvalue weighted by Crippen LogP contribution is -2.51. The number of halogens is 2. The molecular weight excluding hydrogens is 324 g/mol. The molecule has 0 amide bonds. The van der Waals surface area contributed by atoms with E-state index < -0.39 is 16.4 Å². The zero-order valence-corrected chi connectivity index (χ0v) is 12.9. The van der Waals surface area contributed by atoms with Crippen LogP contribution in [0.3, 0.4) is 0 Å². The average molecular weight is 339 g/mol. The van der Waals surface area contributed by atoms with Crippen LogP contribution in [0, 0.1) is 5.92 Å². The molecule has 3 heterocycles. The summed E-state index contributed by atoms with van der Waals surface area (Å²) in [5.74, 6) is 0.316. The molecule has 0 aliphatic carbocycles. The van der Waals surface area contributed by atoms with Crippen LogP contribution in [0.25, 0.3) is 10.8 Å². The summed E-state index contributed by atoms with van der Waals surface area (Å²) in [5.41, 5.74) is -0.345. The lowest BCUT2D eigenvalue weighted by Gasteiger charge is -2.30. The van der Waals surface area contributed by atoms with E-state index >= 15 is 0 Å². The van der Waals surface area contributed by atoms with Crippen molar-refractivity contribution in [1.29, 1.82) is 0 Å². The van der Waals surface area contributed by atoms with Crippen molar-refractivity contribution in [2.45, 2.75) is 17.4 Å². The van der Waals surface area contributed by atoms with Gasteiger partial charge >= 0.3 is 0 Å². The molecule has 23 heavy (non-hydrogen) atoms. The molecule has 5 nitrogen and oxygen atoms in total. The third-order valence-corrected chi connectivity index (χ3v) is 6.55. The van der Waals surface area contributed by atoms with Crippen LogP contribution in [-0.2, 0) is 10.0 Å². The second-order valence-corrected chi connectivity index (χ2v) is 7.89. The molecule has 1 aromatic carbocycles. The van der Waals surface area contributed by atoms with Crippen molar-refractivity contribution in [2.24, 2.45) is 5.92 Å². The first kappa shape index (κ1) is 14.9. The SMILES string of the molecule is O=S(=O)(c1cccc2cncc(C(F)F)c12)N1CC2CNC2C1. The molecule has 1 aromatic heterocycles. The number of rotatable bonds is 3. The molecule has 2 aliphatic heterocycles. The Morgan fingerprint density at radius 3 is 2.70 bits per heavy atom. The molecule has 0 spiro atoms. The first-order chi connectivity index (χ1) is 11.0. The van der Waals surface area contributed by atoms with E-state index in [1.165, 1.54) is 16.6 Å². The van der Waals surface area contributed by atoms with Crippen LogP contribution in [0.1, 0.15) is 12.0 Å². The summed E-state index contributed by atoms with van der Waals surface area (Å²) in [5, 5.41) is 3.67. The molecule has 2 aromatic rings. The van der Waals surface area contributed by atoms with Gasteiger partial charge in [-0.15, -0.1) is 0 Å². The van der Waals surface area contributed by atoms with Gasteiger partial charge in [-0.05, 0) is 6.07 Å². The molecule has 4 rings (SSSR count). The number of aromatic nitrogens is 1. The molecular formula is C15H15F2N3O2S. The zero-order chi connectivity index (χ0) is 16.2. The van der Waals surface area contributed by atoms with E-state index in [1.807, 2.05) is 0 Å². The lowest BCUT2D eigenvalue weighted by atomic mass is 9.96. The third-order valence-electron chi connectivity index (χ3n) is 4.68. The van der Waals surface area contributed by atoms with Crippen LogP contribution in [0.5, 0.6) is 0 Å². The second kappa shape index (κ2) is 5.19. The molecule has 2 aliphatic rings. The fourth-order valence-corrected chi connectivity index (χ4v) is 5.12. The van der Waals surface area contributed by atoms with Gasteiger partial charge in [0.2, 0.25) is 10.0 Å². The van der Waals surface area contributed by atoms with Crippen molar-refractivity contribution in [3.63, 3.8) is 0 Å². The minimum Gasteiger partial charge on any atom is -0.312 e. The molecule has 122 valence electrons. The summed E-state index contributed by atoms with van der Waals surface area (Å²) in [6.45, 7) is 1.63. The highest BCUT2D eigenvalue weighted by atomic mass is 32.2. The summed E-state index contributed by atoms with van der Waals surface area (Å²) in [6, 6.07) is 4.74. The molecule has 2 saturated heterocycles. The van der Waals surface area contributed by atoms with Gasteiger partial charge in [0.25, 0.3) is 6.43 Å². The minimum absolute atomic E-state index is 0.0611. The molecule has 8 heteroatoms. The molecule has 0 bridgehead atoms. The van der Waals surface area contributed by atoms with Crippen LogP contribution in [0.4, 0.5) is 8.78 Å². The van der Waals surface area contributed by atoms with E-state index in [0.717, 1.165) is 12.7 Å². The maximum atomic E-state index is 13.3. The number of nitrogens with one attached hydrogen (secondary N) is 1. The topological polar surface area (TPSA) is 62.3 Å². The Hall–Kier alpha value is -1.64. The smallest absolute Gasteiger partial charge is 0.265 e. The molecule has 2 fully saturated rings. The number of alkyl halides is 2. The van der Waals surface area contributed by atoms with Crippen molar-refractivity contribution in [3.05, 3.63) is 36.2 Å². The van der Waals surface area contributed by atoms with E-state index in [0.29, 0.717) is 24.4 Å². The van der Waals surface area contributed by atoms with Gasteiger partial charge in [-0.25, -0.2) is 17.2 Å². The fourth-order valence-electron chi connectivity index (χ4n) is 3.35. The summed E-state index contributed by atoms with van der Waals surface area (Å²) in [4.78, 5) is 3.73. The number of pyridine rings is 1. The maximum absolute atomic E-state index is 13.3. The van der Waals surface area contributed by atoms with Crippen molar-refractivity contribution < 1.29 is 17.2 Å². The number of nitrogens with zero attached hydrogens (tertiary/aromatic N) is 2. The molecule has 0 saturated carbocycles. The van der Waals surface area contributed by atoms with Gasteiger partial charge in [-0.1, -0.05) is 12.1 Å². The van der Waals surface area contributed by atoms with Gasteiger partial charge in [0.1, 0.15) is 0 Å². The van der Waals surface area contributed by atoms with Crippen molar-refractivity contribution in [2.75, 3.05) is 19.6 Å². The summed E-state index contributed by atoms with van der Waals surface area (Å²) in [6.07, 6.45) is -0.324. The average Bonchev–Trinajstić information content (AvgIpc) is 2.81. The summed E-state index contributed by atoms with van der Waals surface area (Å²) in [7, 11) is -3.81. The molecule has 2 unspecified atom stereocenters. The van der Waals surface area contributed by atoms with Crippen molar-refractivity contribution in [1.82, 2.24) is 14.6 Å². The Labute approximate surface area is 132 Å². The number of fused-ring (bicyclic) bond motifs is 2. The first-order valence-corrected chi connectivity index (χ1v) is 8.81. The van der Waals surface area contributed by atoms with Crippen LogP contribution in [-0.4, -0.2) is 43.4 Å². The highest BCUT2D eigenvalue weighted by molar-refractivity contribution is 7.89.